The number of nitrogens with one attached hydrogen (secondary N) is 1. The van der Waals surface area contributed by atoms with Crippen LogP contribution in [0.5, 0.6) is 5.75 Å². The Bertz CT molecular complexity index is 1310. The lowest BCUT2D eigenvalue weighted by Crippen LogP contribution is -2.40. The molecular weight excluding hydrogens is 448 g/mol. The Hall–Kier alpha value is -3.86. The highest BCUT2D eigenvalue weighted by Crippen LogP contribution is 2.48. The first kappa shape index (κ1) is 23.9. The zero-order chi connectivity index (χ0) is 25.3. The molecule has 5 heteroatoms. The second-order valence-corrected chi connectivity index (χ2v) is 10.3. The van der Waals surface area contributed by atoms with E-state index in [4.69, 9.17) is 4.74 Å². The number of hydrogen-bond acceptors (Lipinski definition) is 4. The van der Waals surface area contributed by atoms with E-state index >= 15 is 0 Å². The van der Waals surface area contributed by atoms with Crippen molar-refractivity contribution >= 4 is 23.1 Å². The molecule has 184 valence electrons. The van der Waals surface area contributed by atoms with Crippen LogP contribution in [-0.2, 0) is 16.0 Å². The standard InChI is InChI=1S/C31H32N2O3/c1-4-36-23-16-14-22(15-17-23)30-29-25(19-31(2,3)20-27(29)34)32-24-12-8-9-13-26(24)33(30)28(35)18-21-10-6-5-7-11-21/h5-17,30,32H,4,18-20H2,1-3H3/t30-/m0/s1. The number of nitrogens with zero attached hydrogens (tertiary/aromatic N) is 1. The quantitative estimate of drug-likeness (QED) is 0.455. The molecule has 0 spiro atoms. The van der Waals surface area contributed by atoms with Gasteiger partial charge in [-0.2, -0.15) is 0 Å². The summed E-state index contributed by atoms with van der Waals surface area (Å²) in [6.45, 7) is 6.77. The number of anilines is 2. The van der Waals surface area contributed by atoms with Gasteiger partial charge in [-0.3, -0.25) is 14.5 Å². The average Bonchev–Trinajstić information content (AvgIpc) is 2.99. The van der Waals surface area contributed by atoms with Gasteiger partial charge in [0.1, 0.15) is 5.75 Å². The molecule has 1 aliphatic heterocycles. The second-order valence-electron chi connectivity index (χ2n) is 10.3. The highest BCUT2D eigenvalue weighted by molar-refractivity contribution is 6.06. The van der Waals surface area contributed by atoms with Crippen molar-refractivity contribution in [3.8, 4) is 5.75 Å². The van der Waals surface area contributed by atoms with E-state index in [0.29, 0.717) is 18.6 Å². The molecule has 1 heterocycles. The maximum atomic E-state index is 14.1. The first-order chi connectivity index (χ1) is 17.4. The number of carbonyl (C=O) groups excluding carboxylic acids is 2. The summed E-state index contributed by atoms with van der Waals surface area (Å²) >= 11 is 0. The molecule has 0 bridgehead atoms. The van der Waals surface area contributed by atoms with Crippen LogP contribution in [-0.4, -0.2) is 18.3 Å². The van der Waals surface area contributed by atoms with Crippen molar-refractivity contribution in [2.75, 3.05) is 16.8 Å². The largest absolute Gasteiger partial charge is 0.494 e. The van der Waals surface area contributed by atoms with Crippen molar-refractivity contribution in [1.82, 2.24) is 0 Å². The van der Waals surface area contributed by atoms with Crippen molar-refractivity contribution in [1.29, 1.82) is 0 Å². The van der Waals surface area contributed by atoms with Crippen LogP contribution in [0.3, 0.4) is 0 Å². The number of hydrogen-bond donors (Lipinski definition) is 1. The molecule has 0 aromatic heterocycles. The highest BCUT2D eigenvalue weighted by atomic mass is 16.5. The number of benzene rings is 3. The molecule has 1 atom stereocenters. The predicted molar refractivity (Wildman–Crippen MR) is 143 cm³/mol. The van der Waals surface area contributed by atoms with Crippen LogP contribution >= 0.6 is 0 Å². The van der Waals surface area contributed by atoms with E-state index in [1.54, 1.807) is 0 Å². The molecule has 0 fully saturated rings. The molecule has 0 saturated heterocycles. The topological polar surface area (TPSA) is 58.6 Å². The maximum Gasteiger partial charge on any atom is 0.232 e. The van der Waals surface area contributed by atoms with Gasteiger partial charge >= 0.3 is 0 Å². The van der Waals surface area contributed by atoms with Crippen molar-refractivity contribution in [3.05, 3.63) is 101 Å². The third kappa shape index (κ3) is 4.66. The summed E-state index contributed by atoms with van der Waals surface area (Å²) in [7, 11) is 0. The van der Waals surface area contributed by atoms with Crippen LogP contribution in [0.15, 0.2) is 90.1 Å². The number of carbonyl (C=O) groups is 2. The van der Waals surface area contributed by atoms with Gasteiger partial charge in [0.15, 0.2) is 5.78 Å². The van der Waals surface area contributed by atoms with Crippen molar-refractivity contribution < 1.29 is 14.3 Å². The fourth-order valence-corrected chi connectivity index (χ4v) is 5.35. The Balaban J connectivity index is 1.70. The normalized spacial score (nSPS) is 18.6. The van der Waals surface area contributed by atoms with E-state index in [-0.39, 0.29) is 23.5 Å². The second kappa shape index (κ2) is 9.65. The van der Waals surface area contributed by atoms with E-state index in [0.717, 1.165) is 40.4 Å². The number of ether oxygens (including phenoxy) is 1. The minimum absolute atomic E-state index is 0.0549. The van der Waals surface area contributed by atoms with Gasteiger partial charge < -0.3 is 10.1 Å². The lowest BCUT2D eigenvalue weighted by Gasteiger charge is -2.37. The lowest BCUT2D eigenvalue weighted by molar-refractivity contribution is -0.119. The van der Waals surface area contributed by atoms with Crippen molar-refractivity contribution in [2.45, 2.75) is 46.1 Å². The van der Waals surface area contributed by atoms with Gasteiger partial charge in [-0.15, -0.1) is 0 Å². The summed E-state index contributed by atoms with van der Waals surface area (Å²) in [4.78, 5) is 29.7. The van der Waals surface area contributed by atoms with Crippen LogP contribution in [0.2, 0.25) is 0 Å². The monoisotopic (exact) mass is 480 g/mol. The highest BCUT2D eigenvalue weighted by Gasteiger charge is 2.43. The van der Waals surface area contributed by atoms with Crippen molar-refractivity contribution in [2.24, 2.45) is 5.41 Å². The summed E-state index contributed by atoms with van der Waals surface area (Å²) in [5, 5.41) is 3.57. The number of fused-ring (bicyclic) bond motifs is 1. The molecule has 0 radical (unpaired) electrons. The number of amides is 1. The van der Waals surface area contributed by atoms with Crippen LogP contribution in [0.1, 0.15) is 50.8 Å². The van der Waals surface area contributed by atoms with Crippen molar-refractivity contribution in [3.63, 3.8) is 0 Å². The lowest BCUT2D eigenvalue weighted by atomic mass is 9.73. The molecule has 0 saturated carbocycles. The Kier molecular flexibility index (Phi) is 6.40. The van der Waals surface area contributed by atoms with E-state index in [1.807, 2.05) is 90.7 Å². The van der Waals surface area contributed by atoms with Gasteiger partial charge in [-0.25, -0.2) is 0 Å². The minimum Gasteiger partial charge on any atom is -0.494 e. The van der Waals surface area contributed by atoms with Gasteiger partial charge in [-0.05, 0) is 54.2 Å². The van der Waals surface area contributed by atoms with Gasteiger partial charge in [-0.1, -0.05) is 68.4 Å². The van der Waals surface area contributed by atoms with Gasteiger partial charge in [0.05, 0.1) is 30.4 Å². The Morgan fingerprint density at radius 3 is 2.39 bits per heavy atom. The molecule has 1 amide bonds. The molecule has 36 heavy (non-hydrogen) atoms. The van der Waals surface area contributed by atoms with Gasteiger partial charge in [0.25, 0.3) is 0 Å². The summed E-state index contributed by atoms with van der Waals surface area (Å²) in [6, 6.07) is 24.8. The fraction of sp³-hybridized carbons (Fsp3) is 0.290. The maximum absolute atomic E-state index is 14.1. The summed E-state index contributed by atoms with van der Waals surface area (Å²) in [5.41, 5.74) is 4.85. The summed E-state index contributed by atoms with van der Waals surface area (Å²) in [6.07, 6.45) is 1.42. The summed E-state index contributed by atoms with van der Waals surface area (Å²) in [5.74, 6) is 0.791. The van der Waals surface area contributed by atoms with Crippen LogP contribution < -0.4 is 15.0 Å². The predicted octanol–water partition coefficient (Wildman–Crippen LogP) is 6.47. The zero-order valence-corrected chi connectivity index (χ0v) is 21.1. The molecular formula is C31H32N2O3. The van der Waals surface area contributed by atoms with Crippen LogP contribution in [0.25, 0.3) is 0 Å². The number of para-hydroxylation sites is 2. The fourth-order valence-electron chi connectivity index (χ4n) is 5.35. The first-order valence-corrected chi connectivity index (χ1v) is 12.6. The minimum atomic E-state index is -0.536. The third-order valence-electron chi connectivity index (χ3n) is 6.87. The third-order valence-corrected chi connectivity index (χ3v) is 6.87. The average molecular weight is 481 g/mol. The SMILES string of the molecule is CCOc1ccc([C@H]2C3=C(CC(C)(C)CC3=O)Nc3ccccc3N2C(=O)Cc2ccccc2)cc1. The summed E-state index contributed by atoms with van der Waals surface area (Å²) < 4.78 is 5.67. The molecule has 5 rings (SSSR count). The Morgan fingerprint density at radius 1 is 0.972 bits per heavy atom. The van der Waals surface area contributed by atoms with Crippen LogP contribution in [0.4, 0.5) is 11.4 Å². The number of allylic oxidation sites excluding steroid dienone is 1. The number of rotatable bonds is 5. The van der Waals surface area contributed by atoms with E-state index < -0.39 is 6.04 Å². The molecule has 3 aromatic rings. The molecule has 5 nitrogen and oxygen atoms in total. The Morgan fingerprint density at radius 2 is 1.67 bits per heavy atom. The van der Waals surface area contributed by atoms with E-state index in [9.17, 15) is 9.59 Å². The Labute approximate surface area is 212 Å². The molecule has 1 N–H and O–H groups in total. The smallest absolute Gasteiger partial charge is 0.232 e. The van der Waals surface area contributed by atoms with Gasteiger partial charge in [0.2, 0.25) is 5.91 Å². The first-order valence-electron chi connectivity index (χ1n) is 12.6. The molecule has 3 aromatic carbocycles. The number of Topliss-reactive ketones (excluding diaryl/α,β-unsaturated/α-hetero) is 1. The number of ketones is 1. The van der Waals surface area contributed by atoms with Crippen LogP contribution in [0, 0.1) is 5.41 Å². The molecule has 0 unspecified atom stereocenters. The van der Waals surface area contributed by atoms with Gasteiger partial charge in [0, 0.05) is 17.7 Å². The van der Waals surface area contributed by atoms with E-state index in [1.165, 1.54) is 0 Å². The molecule has 2 aliphatic rings. The van der Waals surface area contributed by atoms with E-state index in [2.05, 4.69) is 19.2 Å². The molecule has 1 aliphatic carbocycles. The zero-order valence-electron chi connectivity index (χ0n) is 21.1.